The molecule has 82 valence electrons. The van der Waals surface area contributed by atoms with Crippen molar-refractivity contribution in [3.05, 3.63) is 0 Å². The van der Waals surface area contributed by atoms with Gasteiger partial charge in [0.15, 0.2) is 11.4 Å². The van der Waals surface area contributed by atoms with Crippen LogP contribution in [0, 0.1) is 0 Å². The highest BCUT2D eigenvalue weighted by molar-refractivity contribution is 6.20. The summed E-state index contributed by atoms with van der Waals surface area (Å²) >= 11 is 5.99. The van der Waals surface area contributed by atoms with E-state index in [2.05, 4.69) is 0 Å². The Morgan fingerprint density at radius 1 is 1.29 bits per heavy atom. The second-order valence-electron chi connectivity index (χ2n) is 4.05. The Morgan fingerprint density at radius 2 is 1.93 bits per heavy atom. The third-order valence-corrected chi connectivity index (χ3v) is 2.78. The molecule has 0 N–H and O–H groups in total. The van der Waals surface area contributed by atoms with Gasteiger partial charge in [0.25, 0.3) is 0 Å². The molecule has 0 radical (unpaired) electrons. The summed E-state index contributed by atoms with van der Waals surface area (Å²) in [6.07, 6.45) is -0.437. The zero-order valence-corrected chi connectivity index (χ0v) is 9.28. The zero-order valence-electron chi connectivity index (χ0n) is 8.53. The van der Waals surface area contributed by atoms with Crippen molar-refractivity contribution in [2.45, 2.75) is 43.5 Å². The Kier molecular flexibility index (Phi) is 2.74. The van der Waals surface area contributed by atoms with Gasteiger partial charge >= 0.3 is 0 Å². The van der Waals surface area contributed by atoms with Crippen molar-refractivity contribution in [2.24, 2.45) is 0 Å². The van der Waals surface area contributed by atoms with Crippen LogP contribution in [0.2, 0.25) is 0 Å². The van der Waals surface area contributed by atoms with Crippen LogP contribution in [0.1, 0.15) is 13.8 Å². The van der Waals surface area contributed by atoms with Gasteiger partial charge < -0.3 is 18.9 Å². The van der Waals surface area contributed by atoms with Gasteiger partial charge in [-0.25, -0.2) is 0 Å². The third-order valence-electron chi connectivity index (χ3n) is 2.42. The van der Waals surface area contributed by atoms with Gasteiger partial charge in [0.05, 0.1) is 6.61 Å². The lowest BCUT2D eigenvalue weighted by Gasteiger charge is -2.22. The first-order valence-electron chi connectivity index (χ1n) is 4.67. The number of alkyl halides is 1. The van der Waals surface area contributed by atoms with Gasteiger partial charge in [-0.2, -0.15) is 0 Å². The zero-order chi connectivity index (χ0) is 10.3. The van der Waals surface area contributed by atoms with E-state index in [9.17, 15) is 0 Å². The minimum absolute atomic E-state index is 0.118. The van der Waals surface area contributed by atoms with Crippen molar-refractivity contribution in [3.8, 4) is 0 Å². The fourth-order valence-electron chi connectivity index (χ4n) is 1.93. The van der Waals surface area contributed by atoms with Crippen molar-refractivity contribution in [1.82, 2.24) is 0 Å². The first kappa shape index (κ1) is 10.6. The SMILES string of the molecule is COC[C@H]1O[C@H](Cl)[C@@H]2OC(C)(C)O[C@@H]21. The summed E-state index contributed by atoms with van der Waals surface area (Å²) in [5.74, 6) is -0.571. The van der Waals surface area contributed by atoms with Crippen molar-refractivity contribution >= 4 is 11.6 Å². The van der Waals surface area contributed by atoms with Crippen LogP contribution < -0.4 is 0 Å². The maximum Gasteiger partial charge on any atom is 0.164 e. The highest BCUT2D eigenvalue weighted by atomic mass is 35.5. The second kappa shape index (κ2) is 3.61. The topological polar surface area (TPSA) is 36.9 Å². The van der Waals surface area contributed by atoms with Gasteiger partial charge in [0, 0.05) is 7.11 Å². The van der Waals surface area contributed by atoms with Crippen LogP contribution in [0.25, 0.3) is 0 Å². The number of hydrogen-bond donors (Lipinski definition) is 0. The Hall–Kier alpha value is 0.130. The molecule has 14 heavy (non-hydrogen) atoms. The highest BCUT2D eigenvalue weighted by Crippen LogP contribution is 2.39. The molecule has 0 saturated carbocycles. The lowest BCUT2D eigenvalue weighted by molar-refractivity contribution is -0.183. The number of hydrogen-bond acceptors (Lipinski definition) is 4. The molecular weight excluding hydrogens is 208 g/mol. The van der Waals surface area contributed by atoms with E-state index in [-0.39, 0.29) is 18.3 Å². The fourth-order valence-corrected chi connectivity index (χ4v) is 2.25. The summed E-state index contributed by atoms with van der Waals surface area (Å²) in [5.41, 5.74) is -0.443. The maximum atomic E-state index is 5.99. The van der Waals surface area contributed by atoms with Gasteiger partial charge in [0.1, 0.15) is 18.3 Å². The number of rotatable bonds is 2. The summed E-state index contributed by atoms with van der Waals surface area (Å²) < 4.78 is 21.8. The van der Waals surface area contributed by atoms with Crippen LogP contribution in [-0.2, 0) is 18.9 Å². The standard InChI is InChI=1S/C9H15ClO4/c1-9(2)13-6-5(4-11-3)12-8(10)7(6)14-9/h5-8H,4H2,1-3H3/t5-,6-,7-,8+/m1/s1. The third kappa shape index (κ3) is 1.77. The van der Waals surface area contributed by atoms with Crippen LogP contribution in [0.5, 0.6) is 0 Å². The molecule has 4 atom stereocenters. The molecule has 2 saturated heterocycles. The van der Waals surface area contributed by atoms with E-state index < -0.39 is 11.4 Å². The number of ether oxygens (including phenoxy) is 4. The van der Waals surface area contributed by atoms with Gasteiger partial charge in [-0.1, -0.05) is 11.6 Å². The first-order chi connectivity index (χ1) is 6.53. The molecule has 0 amide bonds. The lowest BCUT2D eigenvalue weighted by atomic mass is 10.2. The molecule has 4 nitrogen and oxygen atoms in total. The van der Waals surface area contributed by atoms with Gasteiger partial charge in [0.2, 0.25) is 0 Å². The lowest BCUT2D eigenvalue weighted by Crippen LogP contribution is -2.32. The molecule has 2 rings (SSSR count). The molecule has 0 aromatic heterocycles. The number of fused-ring (bicyclic) bond motifs is 1. The summed E-state index contributed by atoms with van der Waals surface area (Å²) in [6, 6.07) is 0. The van der Waals surface area contributed by atoms with Crippen LogP contribution >= 0.6 is 11.6 Å². The summed E-state index contributed by atoms with van der Waals surface area (Å²) in [5, 5.41) is 0. The normalized spacial score (nSPS) is 45.4. The molecular formula is C9H15ClO4. The monoisotopic (exact) mass is 222 g/mol. The second-order valence-corrected chi connectivity index (χ2v) is 4.48. The molecule has 2 fully saturated rings. The maximum absolute atomic E-state index is 5.99. The summed E-state index contributed by atoms with van der Waals surface area (Å²) in [6.45, 7) is 4.22. The van der Waals surface area contributed by atoms with Crippen LogP contribution in [0.4, 0.5) is 0 Å². The van der Waals surface area contributed by atoms with E-state index >= 15 is 0 Å². The van der Waals surface area contributed by atoms with Crippen molar-refractivity contribution in [2.75, 3.05) is 13.7 Å². The van der Waals surface area contributed by atoms with Gasteiger partial charge in [-0.05, 0) is 13.8 Å². The van der Waals surface area contributed by atoms with Crippen LogP contribution in [-0.4, -0.2) is 43.4 Å². The van der Waals surface area contributed by atoms with Crippen LogP contribution in [0.15, 0.2) is 0 Å². The molecule has 2 aliphatic heterocycles. The summed E-state index contributed by atoms with van der Waals surface area (Å²) in [7, 11) is 1.63. The van der Waals surface area contributed by atoms with E-state index in [1.165, 1.54) is 0 Å². The fraction of sp³-hybridized carbons (Fsp3) is 1.00. The van der Waals surface area contributed by atoms with Crippen molar-refractivity contribution in [3.63, 3.8) is 0 Å². The van der Waals surface area contributed by atoms with Crippen molar-refractivity contribution < 1.29 is 18.9 Å². The highest BCUT2D eigenvalue weighted by Gasteiger charge is 2.54. The molecule has 5 heteroatoms. The molecule has 0 aliphatic carbocycles. The Balaban J connectivity index is 2.07. The van der Waals surface area contributed by atoms with Gasteiger partial charge in [-0.3, -0.25) is 0 Å². The number of methoxy groups -OCH3 is 1. The Labute approximate surface area is 88.4 Å². The molecule has 0 aromatic rings. The Morgan fingerprint density at radius 3 is 2.57 bits per heavy atom. The summed E-state index contributed by atoms with van der Waals surface area (Å²) in [4.78, 5) is 0. The molecule has 0 aromatic carbocycles. The van der Waals surface area contributed by atoms with E-state index in [1.807, 2.05) is 13.8 Å². The largest absolute Gasteiger partial charge is 0.382 e. The minimum Gasteiger partial charge on any atom is -0.382 e. The number of halogens is 1. The average molecular weight is 223 g/mol. The van der Waals surface area contributed by atoms with E-state index in [1.54, 1.807) is 7.11 Å². The quantitative estimate of drug-likeness (QED) is 0.656. The smallest absolute Gasteiger partial charge is 0.164 e. The first-order valence-corrected chi connectivity index (χ1v) is 5.11. The molecule has 0 unspecified atom stereocenters. The predicted octanol–water partition coefficient (Wildman–Crippen LogP) is 1.12. The predicted molar refractivity (Wildman–Crippen MR) is 50.2 cm³/mol. The molecule has 2 aliphatic rings. The molecule has 2 heterocycles. The van der Waals surface area contributed by atoms with Crippen molar-refractivity contribution in [1.29, 1.82) is 0 Å². The Bertz CT molecular complexity index is 221. The molecule has 0 spiro atoms. The van der Waals surface area contributed by atoms with Gasteiger partial charge in [-0.15, -0.1) is 0 Å². The van der Waals surface area contributed by atoms with E-state index in [0.717, 1.165) is 0 Å². The minimum atomic E-state index is -0.571. The van der Waals surface area contributed by atoms with E-state index in [4.69, 9.17) is 30.5 Å². The molecule has 0 bridgehead atoms. The van der Waals surface area contributed by atoms with E-state index in [0.29, 0.717) is 6.61 Å². The average Bonchev–Trinajstić information content (AvgIpc) is 2.51. The van der Waals surface area contributed by atoms with Crippen LogP contribution in [0.3, 0.4) is 0 Å².